The van der Waals surface area contributed by atoms with Crippen molar-refractivity contribution in [3.05, 3.63) is 99.6 Å². The number of amides is 2. The van der Waals surface area contributed by atoms with Gasteiger partial charge in [-0.2, -0.15) is 0 Å². The molecule has 0 fully saturated rings. The number of unbranched alkanes of at least 4 members (excludes halogenated alkanes) is 28. The fourth-order valence-electron chi connectivity index (χ4n) is 10.1. The molecule has 498 valence electrons. The third-order valence-electron chi connectivity index (χ3n) is 15.4. The number of rotatable bonds is 55. The molecule has 20 heteroatoms. The van der Waals surface area contributed by atoms with Gasteiger partial charge >= 0.3 is 25.9 Å². The first-order valence-electron chi connectivity index (χ1n) is 33.5. The Morgan fingerprint density at radius 2 is 0.955 bits per heavy atom. The number of Topliss-reactive ketones (excluding diaryl/α,β-unsaturated/α-hetero) is 1. The molecule has 0 saturated carbocycles. The number of hydrogen-bond acceptors (Lipinski definition) is 15. The van der Waals surface area contributed by atoms with E-state index in [0.717, 1.165) is 44.9 Å². The maximum Gasteiger partial charge on any atom is 0.514 e. The van der Waals surface area contributed by atoms with Crippen LogP contribution in [0.2, 0.25) is 0 Å². The van der Waals surface area contributed by atoms with Gasteiger partial charge < -0.3 is 34.5 Å². The number of nitrogens with one attached hydrogen (secondary N) is 2. The largest absolute Gasteiger partial charge is 0.514 e. The molecule has 2 unspecified atom stereocenters. The van der Waals surface area contributed by atoms with Crippen LogP contribution in [0.25, 0.3) is 0 Å². The molecular weight excluding hydrogens is 1160 g/mol. The predicted octanol–water partition coefficient (Wildman–Crippen LogP) is 17.2. The standard InChI is InChI=1S/C69H106N3O16P/c1-3-5-7-9-11-13-15-17-19-21-23-25-27-29-31-34-62(73)52-59(55-83-67(76)37-32-30-28-26-24-22-20-18-16-14-12-10-8-6-4-2)56-86-89(81,82)85-51-50-70-65(74)35-33-36-66(75)71-53-57-38-42-60(43-39-57)68(77)87-63-46-40-58(41-47-63)54-84-69(78)88-64-48-44-61(45-49-64)72(79)80/h38-49,59H,3-37,50-56H2,1-2H3,(H,70,74)(H,71,75)(H,81,82). The highest BCUT2D eigenvalue weighted by atomic mass is 31.2. The van der Waals surface area contributed by atoms with Crippen molar-refractivity contribution in [2.24, 2.45) is 5.92 Å². The third-order valence-corrected chi connectivity index (χ3v) is 16.4. The third kappa shape index (κ3) is 41.1. The second-order valence-electron chi connectivity index (χ2n) is 23.4. The molecule has 3 aromatic rings. The summed E-state index contributed by atoms with van der Waals surface area (Å²) in [7, 11) is -4.61. The van der Waals surface area contributed by atoms with Crippen LogP contribution in [0.1, 0.15) is 266 Å². The molecule has 0 spiro atoms. The zero-order chi connectivity index (χ0) is 64.4. The summed E-state index contributed by atoms with van der Waals surface area (Å²) >= 11 is 0. The van der Waals surface area contributed by atoms with Crippen LogP contribution < -0.4 is 20.1 Å². The first-order chi connectivity index (χ1) is 43.2. The highest BCUT2D eigenvalue weighted by Crippen LogP contribution is 2.43. The van der Waals surface area contributed by atoms with Crippen molar-refractivity contribution in [2.75, 3.05) is 26.4 Å². The van der Waals surface area contributed by atoms with Crippen molar-refractivity contribution in [1.82, 2.24) is 10.6 Å². The Balaban J connectivity index is 1.30. The molecule has 0 aliphatic rings. The van der Waals surface area contributed by atoms with Gasteiger partial charge in [-0.1, -0.05) is 218 Å². The van der Waals surface area contributed by atoms with Crippen molar-refractivity contribution < 1.29 is 71.1 Å². The van der Waals surface area contributed by atoms with E-state index in [1.54, 1.807) is 36.4 Å². The SMILES string of the molecule is CCCCCCCCCCCCCCCCCC(=O)CC(COC(=O)CCCCCCCCCCCCCCCCC)COP(=O)(O)OCCNC(=O)CCCC(=O)NCc1ccc(C(=O)Oc2ccc(COC(=O)Oc3ccc([N+](=O)[O-])cc3)cc2)cc1. The first kappa shape index (κ1) is 77.2. The Kier molecular flexibility index (Phi) is 43.2. The quantitative estimate of drug-likeness (QED) is 0.00902. The number of nitro benzene ring substituents is 1. The fraction of sp³-hybridized carbons (Fsp3) is 0.652. The summed E-state index contributed by atoms with van der Waals surface area (Å²) in [4.78, 5) is 96.7. The topological polar surface area (TPSA) is 262 Å². The lowest BCUT2D eigenvalue weighted by atomic mass is 9.99. The number of phosphoric acid groups is 1. The molecule has 0 radical (unpaired) electrons. The van der Waals surface area contributed by atoms with Crippen molar-refractivity contribution in [3.63, 3.8) is 0 Å². The van der Waals surface area contributed by atoms with Gasteiger partial charge in [0, 0.05) is 63.2 Å². The maximum absolute atomic E-state index is 13.2. The summed E-state index contributed by atoms with van der Waals surface area (Å²) in [5.74, 6) is -2.00. The molecule has 89 heavy (non-hydrogen) atoms. The number of carbonyl (C=O) groups is 6. The van der Waals surface area contributed by atoms with Crippen LogP contribution in [0.3, 0.4) is 0 Å². The van der Waals surface area contributed by atoms with E-state index in [2.05, 4.69) is 24.5 Å². The molecule has 2 atom stereocenters. The lowest BCUT2D eigenvalue weighted by molar-refractivity contribution is -0.384. The van der Waals surface area contributed by atoms with Gasteiger partial charge in [0.25, 0.3) is 5.69 Å². The van der Waals surface area contributed by atoms with E-state index in [0.29, 0.717) is 24.0 Å². The van der Waals surface area contributed by atoms with Gasteiger partial charge in [-0.15, -0.1) is 0 Å². The first-order valence-corrected chi connectivity index (χ1v) is 35.0. The van der Waals surface area contributed by atoms with E-state index in [-0.39, 0.29) is 118 Å². The van der Waals surface area contributed by atoms with Gasteiger partial charge in [0.15, 0.2) is 0 Å². The minimum Gasteiger partial charge on any atom is -0.465 e. The molecule has 0 aliphatic heterocycles. The monoisotopic (exact) mass is 1260 g/mol. The normalized spacial score (nSPS) is 12.2. The average molecular weight is 1260 g/mol. The molecule has 2 amide bonds. The highest BCUT2D eigenvalue weighted by molar-refractivity contribution is 7.47. The molecule has 0 bridgehead atoms. The zero-order valence-corrected chi connectivity index (χ0v) is 54.6. The summed E-state index contributed by atoms with van der Waals surface area (Å²) in [6.45, 7) is 3.63. The van der Waals surface area contributed by atoms with Gasteiger partial charge in [-0.05, 0) is 66.8 Å². The molecular formula is C69H106N3O16P. The highest BCUT2D eigenvalue weighted by Gasteiger charge is 2.26. The molecule has 3 rings (SSSR count). The number of nitrogens with zero attached hydrogens (tertiary/aromatic N) is 1. The number of hydrogen-bond donors (Lipinski definition) is 3. The Labute approximate surface area is 530 Å². The molecule has 0 saturated heterocycles. The van der Waals surface area contributed by atoms with Gasteiger partial charge in [0.1, 0.15) is 23.9 Å². The number of carbonyl (C=O) groups excluding carboxylic acids is 6. The molecule has 0 heterocycles. The summed E-state index contributed by atoms with van der Waals surface area (Å²) in [5.41, 5.74) is 1.41. The minimum absolute atomic E-state index is 0.0159. The van der Waals surface area contributed by atoms with Crippen molar-refractivity contribution in [3.8, 4) is 11.5 Å². The second-order valence-corrected chi connectivity index (χ2v) is 24.8. The number of phosphoric ester groups is 1. The van der Waals surface area contributed by atoms with Crippen LogP contribution in [-0.4, -0.2) is 71.9 Å². The van der Waals surface area contributed by atoms with E-state index in [1.165, 1.54) is 178 Å². The number of ether oxygens (including phenoxy) is 4. The Bertz CT molecular complexity index is 2480. The van der Waals surface area contributed by atoms with Crippen molar-refractivity contribution >= 4 is 49.2 Å². The predicted molar refractivity (Wildman–Crippen MR) is 345 cm³/mol. The molecule has 19 nitrogen and oxygen atoms in total. The summed E-state index contributed by atoms with van der Waals surface area (Å²) in [6.07, 6.45) is 36.7. The van der Waals surface area contributed by atoms with Crippen LogP contribution in [0.4, 0.5) is 10.5 Å². The van der Waals surface area contributed by atoms with Gasteiger partial charge in [-0.3, -0.25) is 38.3 Å². The smallest absolute Gasteiger partial charge is 0.465 e. The lowest BCUT2D eigenvalue weighted by Crippen LogP contribution is -2.28. The summed E-state index contributed by atoms with van der Waals surface area (Å²) in [5, 5.41) is 16.2. The minimum atomic E-state index is -4.61. The Morgan fingerprint density at radius 3 is 1.46 bits per heavy atom. The maximum atomic E-state index is 13.2. The summed E-state index contributed by atoms with van der Waals surface area (Å²) < 4.78 is 44.5. The van der Waals surface area contributed by atoms with E-state index in [1.807, 2.05) is 0 Å². The summed E-state index contributed by atoms with van der Waals surface area (Å²) in [6, 6.07) is 17.6. The molecule has 0 aromatic heterocycles. The number of non-ortho nitro benzene ring substituents is 1. The molecule has 3 aromatic carbocycles. The van der Waals surface area contributed by atoms with Crippen LogP contribution in [0.5, 0.6) is 11.5 Å². The van der Waals surface area contributed by atoms with Crippen molar-refractivity contribution in [2.45, 2.75) is 258 Å². The van der Waals surface area contributed by atoms with Crippen LogP contribution >= 0.6 is 7.82 Å². The zero-order valence-electron chi connectivity index (χ0n) is 53.7. The number of benzene rings is 3. The average Bonchev–Trinajstić information content (AvgIpc) is 3.53. The van der Waals surface area contributed by atoms with E-state index < -0.39 is 30.8 Å². The second kappa shape index (κ2) is 49.7. The van der Waals surface area contributed by atoms with E-state index >= 15 is 0 Å². The number of nitro groups is 1. The molecule has 0 aliphatic carbocycles. The van der Waals surface area contributed by atoms with Crippen molar-refractivity contribution in [1.29, 1.82) is 0 Å². The molecule has 3 N–H and O–H groups in total. The Hall–Kier alpha value is -6.01. The van der Waals surface area contributed by atoms with Crippen LogP contribution in [0, 0.1) is 16.0 Å². The van der Waals surface area contributed by atoms with E-state index in [9.17, 15) is 48.3 Å². The van der Waals surface area contributed by atoms with E-state index in [4.69, 9.17) is 28.0 Å². The van der Waals surface area contributed by atoms with Gasteiger partial charge in [0.2, 0.25) is 11.8 Å². The van der Waals surface area contributed by atoms with Crippen LogP contribution in [-0.2, 0) is 55.4 Å². The van der Waals surface area contributed by atoms with Gasteiger partial charge in [-0.25, -0.2) is 14.2 Å². The van der Waals surface area contributed by atoms with Gasteiger partial charge in [0.05, 0.1) is 30.3 Å². The number of esters is 2. The number of ketones is 1. The Morgan fingerprint density at radius 1 is 0.506 bits per heavy atom. The lowest BCUT2D eigenvalue weighted by Gasteiger charge is -2.19. The van der Waals surface area contributed by atoms with Crippen LogP contribution in [0.15, 0.2) is 72.8 Å². The fourth-order valence-corrected chi connectivity index (χ4v) is 10.9.